The highest BCUT2D eigenvalue weighted by molar-refractivity contribution is 5.92. The number of carbonyl (C=O) groups excluding carboxylic acids is 1. The second-order valence-corrected chi connectivity index (χ2v) is 5.92. The van der Waals surface area contributed by atoms with Gasteiger partial charge in [0.05, 0.1) is 5.69 Å². The van der Waals surface area contributed by atoms with Crippen LogP contribution in [0, 0.1) is 12.7 Å². The average Bonchev–Trinajstić information content (AvgIpc) is 3.24. The first-order valence-corrected chi connectivity index (χ1v) is 7.77. The first-order chi connectivity index (χ1) is 12.0. The smallest absolute Gasteiger partial charge is 0.274 e. The number of likely N-dealkylation sites (N-methyl/N-ethyl adjacent to an activating group) is 1. The normalized spacial score (nSPS) is 12.2. The Kier molecular flexibility index (Phi) is 4.55. The van der Waals surface area contributed by atoms with Crippen molar-refractivity contribution in [3.8, 4) is 5.69 Å². The molecule has 3 aromatic rings. The number of aryl methyl sites for hydroxylation is 1. The molecule has 1 N–H and O–H groups in total. The zero-order valence-corrected chi connectivity index (χ0v) is 14.1. The third kappa shape index (κ3) is 3.54. The molecule has 8 nitrogen and oxygen atoms in total. The number of rotatable bonds is 5. The number of benzene rings is 1. The number of aromatic amines is 1. The minimum atomic E-state index is -0.319. The van der Waals surface area contributed by atoms with E-state index in [0.717, 1.165) is 5.69 Å². The SMILES string of the molecule is Cc1cc(C(=O)N(C)C[C@H](C)c2nn[nH]n2)nn1-c1ccc(F)cc1. The van der Waals surface area contributed by atoms with Crippen LogP contribution in [0.4, 0.5) is 4.39 Å². The molecule has 2 heterocycles. The lowest BCUT2D eigenvalue weighted by Crippen LogP contribution is -2.31. The van der Waals surface area contributed by atoms with E-state index in [2.05, 4.69) is 25.7 Å². The van der Waals surface area contributed by atoms with Crippen molar-refractivity contribution in [2.24, 2.45) is 0 Å². The molecule has 1 atom stereocenters. The second kappa shape index (κ2) is 6.80. The lowest BCUT2D eigenvalue weighted by molar-refractivity contribution is 0.0781. The molecule has 0 aliphatic carbocycles. The number of amides is 1. The van der Waals surface area contributed by atoms with Crippen LogP contribution in [-0.2, 0) is 0 Å². The van der Waals surface area contributed by atoms with Crippen molar-refractivity contribution in [3.05, 3.63) is 53.4 Å². The Labute approximate surface area is 143 Å². The minimum Gasteiger partial charge on any atom is -0.340 e. The van der Waals surface area contributed by atoms with Gasteiger partial charge in [-0.3, -0.25) is 4.79 Å². The predicted octanol–water partition coefficient (Wildman–Crippen LogP) is 1.71. The van der Waals surface area contributed by atoms with Gasteiger partial charge in [-0.25, -0.2) is 9.07 Å². The van der Waals surface area contributed by atoms with E-state index in [1.54, 1.807) is 34.8 Å². The van der Waals surface area contributed by atoms with E-state index in [1.165, 1.54) is 12.1 Å². The van der Waals surface area contributed by atoms with Gasteiger partial charge in [-0.2, -0.15) is 10.3 Å². The van der Waals surface area contributed by atoms with E-state index < -0.39 is 0 Å². The third-order valence-electron chi connectivity index (χ3n) is 3.87. The molecule has 130 valence electrons. The summed E-state index contributed by atoms with van der Waals surface area (Å²) >= 11 is 0. The third-order valence-corrected chi connectivity index (χ3v) is 3.87. The van der Waals surface area contributed by atoms with Crippen LogP contribution in [0.2, 0.25) is 0 Å². The van der Waals surface area contributed by atoms with Crippen LogP contribution in [-0.4, -0.2) is 54.8 Å². The van der Waals surface area contributed by atoms with Crippen LogP contribution >= 0.6 is 0 Å². The van der Waals surface area contributed by atoms with E-state index >= 15 is 0 Å². The Morgan fingerprint density at radius 3 is 2.72 bits per heavy atom. The van der Waals surface area contributed by atoms with Gasteiger partial charge in [0.1, 0.15) is 5.82 Å². The highest BCUT2D eigenvalue weighted by Gasteiger charge is 2.21. The molecule has 0 aliphatic rings. The molecule has 3 rings (SSSR count). The van der Waals surface area contributed by atoms with Crippen LogP contribution in [0.5, 0.6) is 0 Å². The number of carbonyl (C=O) groups is 1. The number of halogens is 1. The van der Waals surface area contributed by atoms with Crippen molar-refractivity contribution < 1.29 is 9.18 Å². The van der Waals surface area contributed by atoms with E-state index in [0.29, 0.717) is 23.8 Å². The van der Waals surface area contributed by atoms with Gasteiger partial charge in [0.2, 0.25) is 0 Å². The van der Waals surface area contributed by atoms with Crippen molar-refractivity contribution >= 4 is 5.91 Å². The molecule has 9 heteroatoms. The van der Waals surface area contributed by atoms with Gasteiger partial charge in [0.25, 0.3) is 5.91 Å². The van der Waals surface area contributed by atoms with Gasteiger partial charge in [-0.15, -0.1) is 10.2 Å². The summed E-state index contributed by atoms with van der Waals surface area (Å²) < 4.78 is 14.7. The number of tetrazole rings is 1. The molecule has 0 bridgehead atoms. The standard InChI is InChI=1S/C16H18FN7O/c1-10(15-18-21-22-19-15)9-23(3)16(25)14-8-11(2)24(20-14)13-6-4-12(17)5-7-13/h4-8,10H,9H2,1-3H3,(H,18,19,21,22)/t10-/m0/s1. The highest BCUT2D eigenvalue weighted by atomic mass is 19.1. The van der Waals surface area contributed by atoms with E-state index in [4.69, 9.17) is 0 Å². The minimum absolute atomic E-state index is 0.0621. The van der Waals surface area contributed by atoms with Crippen molar-refractivity contribution in [1.82, 2.24) is 35.3 Å². The first kappa shape index (κ1) is 16.7. The topological polar surface area (TPSA) is 92.6 Å². The number of nitrogens with zero attached hydrogens (tertiary/aromatic N) is 6. The Bertz CT molecular complexity index is 857. The van der Waals surface area contributed by atoms with Crippen LogP contribution in [0.15, 0.2) is 30.3 Å². The Hall–Kier alpha value is -3.10. The average molecular weight is 343 g/mol. The van der Waals surface area contributed by atoms with Gasteiger partial charge in [0.15, 0.2) is 11.5 Å². The number of hydrogen-bond acceptors (Lipinski definition) is 5. The van der Waals surface area contributed by atoms with E-state index in [1.807, 2.05) is 13.8 Å². The van der Waals surface area contributed by atoms with Gasteiger partial charge in [-0.05, 0) is 37.3 Å². The molecule has 2 aromatic heterocycles. The lowest BCUT2D eigenvalue weighted by Gasteiger charge is -2.18. The van der Waals surface area contributed by atoms with Crippen LogP contribution in [0.25, 0.3) is 5.69 Å². The van der Waals surface area contributed by atoms with Crippen LogP contribution in [0.3, 0.4) is 0 Å². The summed E-state index contributed by atoms with van der Waals surface area (Å²) in [6.07, 6.45) is 0. The molecule has 0 spiro atoms. The molecule has 0 radical (unpaired) electrons. The Morgan fingerprint density at radius 1 is 1.36 bits per heavy atom. The molecule has 1 aromatic carbocycles. The van der Waals surface area contributed by atoms with Crippen LogP contribution in [0.1, 0.15) is 34.8 Å². The maximum absolute atomic E-state index is 13.1. The maximum Gasteiger partial charge on any atom is 0.274 e. The highest BCUT2D eigenvalue weighted by Crippen LogP contribution is 2.15. The molecule has 25 heavy (non-hydrogen) atoms. The zero-order chi connectivity index (χ0) is 18.0. The van der Waals surface area contributed by atoms with Gasteiger partial charge in [0, 0.05) is 25.2 Å². The van der Waals surface area contributed by atoms with E-state index in [-0.39, 0.29) is 17.6 Å². The summed E-state index contributed by atoms with van der Waals surface area (Å²) in [7, 11) is 1.70. The van der Waals surface area contributed by atoms with Crippen molar-refractivity contribution in [1.29, 1.82) is 0 Å². The fraction of sp³-hybridized carbons (Fsp3) is 0.312. The summed E-state index contributed by atoms with van der Waals surface area (Å²) in [5.41, 5.74) is 1.81. The molecule has 1 amide bonds. The predicted molar refractivity (Wildman–Crippen MR) is 87.8 cm³/mol. The Morgan fingerprint density at radius 2 is 2.08 bits per heavy atom. The van der Waals surface area contributed by atoms with Crippen molar-refractivity contribution in [3.63, 3.8) is 0 Å². The summed E-state index contributed by atoms with van der Waals surface area (Å²) in [6.45, 7) is 4.19. The maximum atomic E-state index is 13.1. The molecule has 0 saturated heterocycles. The lowest BCUT2D eigenvalue weighted by atomic mass is 10.1. The van der Waals surface area contributed by atoms with Crippen molar-refractivity contribution in [2.75, 3.05) is 13.6 Å². The molecule has 0 saturated carbocycles. The fourth-order valence-electron chi connectivity index (χ4n) is 2.57. The number of H-pyrrole nitrogens is 1. The summed E-state index contributed by atoms with van der Waals surface area (Å²) in [6, 6.07) is 7.66. The summed E-state index contributed by atoms with van der Waals surface area (Å²) in [5, 5.41) is 18.1. The van der Waals surface area contributed by atoms with Gasteiger partial charge < -0.3 is 4.90 Å². The first-order valence-electron chi connectivity index (χ1n) is 7.77. The molecular formula is C16H18FN7O. The number of hydrogen-bond donors (Lipinski definition) is 1. The largest absolute Gasteiger partial charge is 0.340 e. The van der Waals surface area contributed by atoms with Gasteiger partial charge in [-0.1, -0.05) is 12.1 Å². The number of nitrogens with one attached hydrogen (secondary N) is 1. The van der Waals surface area contributed by atoms with E-state index in [9.17, 15) is 9.18 Å². The molecule has 0 unspecified atom stereocenters. The Balaban J connectivity index is 1.76. The van der Waals surface area contributed by atoms with Gasteiger partial charge >= 0.3 is 0 Å². The zero-order valence-electron chi connectivity index (χ0n) is 14.1. The fourth-order valence-corrected chi connectivity index (χ4v) is 2.57. The monoisotopic (exact) mass is 343 g/mol. The quantitative estimate of drug-likeness (QED) is 0.761. The molecular weight excluding hydrogens is 325 g/mol. The number of aromatic nitrogens is 6. The summed E-state index contributed by atoms with van der Waals surface area (Å²) in [4.78, 5) is 14.2. The summed E-state index contributed by atoms with van der Waals surface area (Å²) in [5.74, 6) is -0.0417. The second-order valence-electron chi connectivity index (χ2n) is 5.92. The molecule has 0 fully saturated rings. The molecule has 0 aliphatic heterocycles. The van der Waals surface area contributed by atoms with Crippen LogP contribution < -0.4 is 0 Å². The van der Waals surface area contributed by atoms with Crippen molar-refractivity contribution in [2.45, 2.75) is 19.8 Å².